The number of carbonyl (C=O) groups excluding carboxylic acids is 2. The first kappa shape index (κ1) is 14.4. The SMILES string of the molecule is CN1C(=O)CCC1C(=O)Nc1ccc(C(F)(F)F)cc1. The molecule has 0 bridgehead atoms. The molecule has 1 aliphatic heterocycles. The van der Waals surface area contributed by atoms with E-state index in [0.717, 1.165) is 12.1 Å². The second kappa shape index (κ2) is 5.15. The van der Waals surface area contributed by atoms with Crippen molar-refractivity contribution in [1.82, 2.24) is 4.90 Å². The van der Waals surface area contributed by atoms with E-state index in [-0.39, 0.29) is 11.6 Å². The molecule has 108 valence electrons. The number of rotatable bonds is 2. The summed E-state index contributed by atoms with van der Waals surface area (Å²) in [4.78, 5) is 24.6. The summed E-state index contributed by atoms with van der Waals surface area (Å²) in [6, 6.07) is 3.62. The van der Waals surface area contributed by atoms with Crippen molar-refractivity contribution in [2.45, 2.75) is 25.1 Å². The molecule has 2 amide bonds. The van der Waals surface area contributed by atoms with Crippen LogP contribution in [-0.2, 0) is 15.8 Å². The van der Waals surface area contributed by atoms with Crippen molar-refractivity contribution in [2.24, 2.45) is 0 Å². The molecule has 4 nitrogen and oxygen atoms in total. The summed E-state index contributed by atoms with van der Waals surface area (Å²) >= 11 is 0. The van der Waals surface area contributed by atoms with Crippen molar-refractivity contribution >= 4 is 17.5 Å². The number of benzene rings is 1. The Bertz CT molecular complexity index is 525. The fourth-order valence-electron chi connectivity index (χ4n) is 2.08. The van der Waals surface area contributed by atoms with E-state index in [2.05, 4.69) is 5.32 Å². The lowest BCUT2D eigenvalue weighted by Crippen LogP contribution is -2.38. The summed E-state index contributed by atoms with van der Waals surface area (Å²) < 4.78 is 37.2. The molecular formula is C13H13F3N2O2. The highest BCUT2D eigenvalue weighted by molar-refractivity contribution is 5.98. The van der Waals surface area contributed by atoms with E-state index in [4.69, 9.17) is 0 Å². The van der Waals surface area contributed by atoms with Crippen LogP contribution in [0.15, 0.2) is 24.3 Å². The van der Waals surface area contributed by atoms with Gasteiger partial charge in [-0.1, -0.05) is 0 Å². The smallest absolute Gasteiger partial charge is 0.334 e. The van der Waals surface area contributed by atoms with Crippen LogP contribution in [0.5, 0.6) is 0 Å². The zero-order chi connectivity index (χ0) is 14.9. The van der Waals surface area contributed by atoms with Crippen LogP contribution in [0.25, 0.3) is 0 Å². The van der Waals surface area contributed by atoms with Crippen molar-refractivity contribution in [1.29, 1.82) is 0 Å². The van der Waals surface area contributed by atoms with Gasteiger partial charge >= 0.3 is 6.18 Å². The Morgan fingerprint density at radius 1 is 1.30 bits per heavy atom. The summed E-state index contributed by atoms with van der Waals surface area (Å²) in [7, 11) is 1.53. The summed E-state index contributed by atoms with van der Waals surface area (Å²) in [6.07, 6.45) is -3.68. The molecule has 1 aliphatic rings. The van der Waals surface area contributed by atoms with Gasteiger partial charge in [-0.15, -0.1) is 0 Å². The number of hydrogen-bond donors (Lipinski definition) is 1. The standard InChI is InChI=1S/C13H13F3N2O2/c1-18-10(6-7-11(18)19)12(20)17-9-4-2-8(3-5-9)13(14,15)16/h2-5,10H,6-7H2,1H3,(H,17,20). The topological polar surface area (TPSA) is 49.4 Å². The van der Waals surface area contributed by atoms with E-state index in [1.165, 1.54) is 24.1 Å². The zero-order valence-corrected chi connectivity index (χ0v) is 10.7. The van der Waals surface area contributed by atoms with Gasteiger partial charge in [0.05, 0.1) is 5.56 Å². The first-order valence-corrected chi connectivity index (χ1v) is 6.03. The fraction of sp³-hybridized carbons (Fsp3) is 0.385. The summed E-state index contributed by atoms with van der Waals surface area (Å²) in [5.41, 5.74) is -0.501. The normalized spacial score (nSPS) is 19.3. The largest absolute Gasteiger partial charge is 0.416 e. The minimum absolute atomic E-state index is 0.113. The molecule has 2 rings (SSSR count). The second-order valence-corrected chi connectivity index (χ2v) is 4.62. The Labute approximate surface area is 113 Å². The minimum atomic E-state index is -4.40. The average molecular weight is 286 g/mol. The molecular weight excluding hydrogens is 273 g/mol. The molecule has 1 unspecified atom stereocenters. The lowest BCUT2D eigenvalue weighted by atomic mass is 10.1. The molecule has 1 aromatic carbocycles. The fourth-order valence-corrected chi connectivity index (χ4v) is 2.08. The van der Waals surface area contributed by atoms with E-state index in [1.807, 2.05) is 0 Å². The quantitative estimate of drug-likeness (QED) is 0.906. The number of likely N-dealkylation sites (N-methyl/N-ethyl adjacent to an activating group) is 1. The van der Waals surface area contributed by atoms with Crippen molar-refractivity contribution in [3.05, 3.63) is 29.8 Å². The van der Waals surface area contributed by atoms with Crippen molar-refractivity contribution in [2.75, 3.05) is 12.4 Å². The van der Waals surface area contributed by atoms with Gasteiger partial charge in [-0.3, -0.25) is 9.59 Å². The van der Waals surface area contributed by atoms with Gasteiger partial charge in [0.1, 0.15) is 6.04 Å². The molecule has 1 fully saturated rings. The van der Waals surface area contributed by atoms with E-state index >= 15 is 0 Å². The Hall–Kier alpha value is -2.05. The molecule has 0 aliphatic carbocycles. The van der Waals surface area contributed by atoms with Gasteiger partial charge in [0.25, 0.3) is 0 Å². The Morgan fingerprint density at radius 2 is 1.90 bits per heavy atom. The monoisotopic (exact) mass is 286 g/mol. The molecule has 7 heteroatoms. The van der Waals surface area contributed by atoms with Crippen molar-refractivity contribution in [3.8, 4) is 0 Å². The van der Waals surface area contributed by atoms with Gasteiger partial charge in [-0.2, -0.15) is 13.2 Å². The van der Waals surface area contributed by atoms with Gasteiger partial charge < -0.3 is 10.2 Å². The highest BCUT2D eigenvalue weighted by atomic mass is 19.4. The number of anilines is 1. The Morgan fingerprint density at radius 3 is 2.35 bits per heavy atom. The average Bonchev–Trinajstić information content (AvgIpc) is 2.69. The van der Waals surface area contributed by atoms with Crippen LogP contribution in [0.3, 0.4) is 0 Å². The van der Waals surface area contributed by atoms with Crippen LogP contribution >= 0.6 is 0 Å². The van der Waals surface area contributed by atoms with E-state index < -0.39 is 23.7 Å². The van der Waals surface area contributed by atoms with Gasteiger partial charge in [-0.25, -0.2) is 0 Å². The third-order valence-corrected chi connectivity index (χ3v) is 3.27. The van der Waals surface area contributed by atoms with E-state index in [1.54, 1.807) is 0 Å². The van der Waals surface area contributed by atoms with Gasteiger partial charge in [-0.05, 0) is 30.7 Å². The molecule has 1 heterocycles. The number of carbonyl (C=O) groups is 2. The number of alkyl halides is 3. The van der Waals surface area contributed by atoms with Gasteiger partial charge in [0.15, 0.2) is 0 Å². The first-order valence-electron chi connectivity index (χ1n) is 6.03. The van der Waals surface area contributed by atoms with Crippen molar-refractivity contribution < 1.29 is 22.8 Å². The molecule has 0 saturated carbocycles. The number of amides is 2. The number of nitrogens with zero attached hydrogens (tertiary/aromatic N) is 1. The predicted molar refractivity (Wildman–Crippen MR) is 65.9 cm³/mol. The third kappa shape index (κ3) is 2.92. The van der Waals surface area contributed by atoms with Gasteiger partial charge in [0.2, 0.25) is 11.8 Å². The molecule has 0 radical (unpaired) electrons. The van der Waals surface area contributed by atoms with Crippen LogP contribution in [0.4, 0.5) is 18.9 Å². The van der Waals surface area contributed by atoms with Crippen LogP contribution in [-0.4, -0.2) is 29.8 Å². The second-order valence-electron chi connectivity index (χ2n) is 4.62. The number of hydrogen-bond acceptors (Lipinski definition) is 2. The molecule has 20 heavy (non-hydrogen) atoms. The lowest BCUT2D eigenvalue weighted by Gasteiger charge is -2.19. The van der Waals surface area contributed by atoms with E-state index in [0.29, 0.717) is 12.8 Å². The van der Waals surface area contributed by atoms with Crippen LogP contribution in [0.1, 0.15) is 18.4 Å². The van der Waals surface area contributed by atoms with Crippen LogP contribution < -0.4 is 5.32 Å². The van der Waals surface area contributed by atoms with Crippen LogP contribution in [0.2, 0.25) is 0 Å². The minimum Gasteiger partial charge on any atom is -0.334 e. The maximum absolute atomic E-state index is 12.4. The third-order valence-electron chi connectivity index (χ3n) is 3.27. The van der Waals surface area contributed by atoms with E-state index in [9.17, 15) is 22.8 Å². The van der Waals surface area contributed by atoms with Crippen LogP contribution in [0, 0.1) is 0 Å². The first-order chi connectivity index (χ1) is 9.29. The van der Waals surface area contributed by atoms with Crippen molar-refractivity contribution in [3.63, 3.8) is 0 Å². The lowest BCUT2D eigenvalue weighted by molar-refractivity contribution is -0.137. The predicted octanol–water partition coefficient (Wildman–Crippen LogP) is 2.26. The molecule has 1 atom stereocenters. The summed E-state index contributed by atoms with van der Waals surface area (Å²) in [6.45, 7) is 0. The highest BCUT2D eigenvalue weighted by Crippen LogP contribution is 2.30. The summed E-state index contributed by atoms with van der Waals surface area (Å²) in [5, 5.41) is 2.51. The molecule has 1 N–H and O–H groups in total. The zero-order valence-electron chi connectivity index (χ0n) is 10.7. The number of nitrogens with one attached hydrogen (secondary N) is 1. The molecule has 0 spiro atoms. The van der Waals surface area contributed by atoms with Gasteiger partial charge in [0, 0.05) is 19.2 Å². The highest BCUT2D eigenvalue weighted by Gasteiger charge is 2.33. The number of likely N-dealkylation sites (tertiary alicyclic amines) is 1. The maximum Gasteiger partial charge on any atom is 0.416 e. The Balaban J connectivity index is 2.04. The molecule has 1 saturated heterocycles. The molecule has 0 aromatic heterocycles. The number of halogens is 3. The molecule has 1 aromatic rings. The summed E-state index contributed by atoms with van der Waals surface area (Å²) in [5.74, 6) is -0.504. The Kier molecular flexibility index (Phi) is 3.69. The maximum atomic E-state index is 12.4.